The summed E-state index contributed by atoms with van der Waals surface area (Å²) >= 11 is 0. The van der Waals surface area contributed by atoms with Crippen LogP contribution in [0.5, 0.6) is 11.5 Å². The summed E-state index contributed by atoms with van der Waals surface area (Å²) in [6.07, 6.45) is 1.25. The van der Waals surface area contributed by atoms with Crippen LogP contribution >= 0.6 is 0 Å². The molecule has 1 aromatic heterocycles. The number of hydrogen-bond acceptors (Lipinski definition) is 5. The number of phenols is 1. The van der Waals surface area contributed by atoms with Crippen LogP contribution in [0.1, 0.15) is 5.56 Å². The van der Waals surface area contributed by atoms with E-state index in [9.17, 15) is 15.0 Å². The van der Waals surface area contributed by atoms with Crippen molar-refractivity contribution in [2.45, 2.75) is 0 Å². The molecular formula is C16H11NO4. The molecular weight excluding hydrogens is 270 g/mol. The lowest BCUT2D eigenvalue weighted by atomic mass is 10.1. The van der Waals surface area contributed by atoms with Gasteiger partial charge in [-0.15, -0.1) is 0 Å². The Hall–Kier alpha value is -3.08. The highest BCUT2D eigenvalue weighted by Crippen LogP contribution is 2.25. The van der Waals surface area contributed by atoms with Gasteiger partial charge in [-0.1, -0.05) is 12.1 Å². The monoisotopic (exact) mass is 281 g/mol. The summed E-state index contributed by atoms with van der Waals surface area (Å²) in [5.41, 5.74) is 0.192. The molecule has 0 fully saturated rings. The van der Waals surface area contributed by atoms with Crippen molar-refractivity contribution >= 4 is 22.9 Å². The van der Waals surface area contributed by atoms with E-state index in [-0.39, 0.29) is 17.1 Å². The number of phenolic OH excluding ortho intramolecular Hbond substituents is 1. The fourth-order valence-corrected chi connectivity index (χ4v) is 1.94. The summed E-state index contributed by atoms with van der Waals surface area (Å²) in [5, 5.41) is 19.8. The predicted octanol–water partition coefficient (Wildman–Crippen LogP) is 2.95. The predicted molar refractivity (Wildman–Crippen MR) is 79.5 cm³/mol. The number of aromatic hydroxyl groups is 2. The molecule has 3 aromatic rings. The lowest BCUT2D eigenvalue weighted by molar-refractivity contribution is 0.466. The van der Waals surface area contributed by atoms with Crippen LogP contribution in [0, 0.1) is 0 Å². The van der Waals surface area contributed by atoms with Gasteiger partial charge in [0, 0.05) is 6.21 Å². The van der Waals surface area contributed by atoms with Gasteiger partial charge in [0.15, 0.2) is 0 Å². The molecule has 104 valence electrons. The Kier molecular flexibility index (Phi) is 3.16. The van der Waals surface area contributed by atoms with E-state index in [1.54, 1.807) is 36.4 Å². The van der Waals surface area contributed by atoms with Gasteiger partial charge in [0.1, 0.15) is 22.6 Å². The maximum Gasteiger partial charge on any atom is 0.348 e. The Bertz CT molecular complexity index is 879. The molecule has 0 amide bonds. The maximum absolute atomic E-state index is 11.9. The van der Waals surface area contributed by atoms with E-state index < -0.39 is 5.63 Å². The number of fused-ring (bicyclic) bond motifs is 1. The number of rotatable bonds is 2. The molecule has 0 unspecified atom stereocenters. The molecule has 0 spiro atoms. The first-order chi connectivity index (χ1) is 10.1. The van der Waals surface area contributed by atoms with Crippen LogP contribution in [0.15, 0.2) is 62.7 Å². The van der Waals surface area contributed by atoms with Crippen LogP contribution in [0.2, 0.25) is 0 Å². The second-order valence-corrected chi connectivity index (χ2v) is 4.42. The maximum atomic E-state index is 11.9. The van der Waals surface area contributed by atoms with Gasteiger partial charge in [-0.3, -0.25) is 4.99 Å². The standard InChI is InChI=1S/C16H11NO4/c18-11-7-5-10(6-8-11)17-9-13-15(19)12-3-1-2-4-14(12)21-16(13)20/h1-9,18-19H. The average molecular weight is 281 g/mol. The molecule has 0 atom stereocenters. The first-order valence-electron chi connectivity index (χ1n) is 6.23. The first kappa shape index (κ1) is 12.9. The van der Waals surface area contributed by atoms with E-state index in [4.69, 9.17) is 4.42 Å². The number of nitrogens with zero attached hydrogens (tertiary/aromatic N) is 1. The van der Waals surface area contributed by atoms with Crippen LogP contribution in [-0.4, -0.2) is 16.4 Å². The largest absolute Gasteiger partial charge is 0.508 e. The van der Waals surface area contributed by atoms with E-state index in [1.165, 1.54) is 18.3 Å². The Balaban J connectivity index is 2.08. The molecule has 2 aromatic carbocycles. The topological polar surface area (TPSA) is 83.0 Å². The summed E-state index contributed by atoms with van der Waals surface area (Å²) < 4.78 is 5.13. The zero-order valence-electron chi connectivity index (χ0n) is 10.9. The van der Waals surface area contributed by atoms with Crippen LogP contribution < -0.4 is 5.63 Å². The molecule has 0 saturated carbocycles. The van der Waals surface area contributed by atoms with E-state index in [0.29, 0.717) is 16.7 Å². The van der Waals surface area contributed by atoms with Gasteiger partial charge in [-0.2, -0.15) is 0 Å². The van der Waals surface area contributed by atoms with Crippen molar-refractivity contribution in [3.63, 3.8) is 0 Å². The van der Waals surface area contributed by atoms with E-state index in [1.807, 2.05) is 0 Å². The fraction of sp³-hybridized carbons (Fsp3) is 0. The molecule has 5 heteroatoms. The van der Waals surface area contributed by atoms with Crippen LogP contribution in [0.25, 0.3) is 11.0 Å². The summed E-state index contributed by atoms with van der Waals surface area (Å²) in [4.78, 5) is 16.0. The van der Waals surface area contributed by atoms with Crippen molar-refractivity contribution in [3.05, 3.63) is 64.5 Å². The zero-order chi connectivity index (χ0) is 14.8. The van der Waals surface area contributed by atoms with Crippen LogP contribution in [-0.2, 0) is 0 Å². The molecule has 3 rings (SSSR count). The Morgan fingerprint density at radius 2 is 1.71 bits per heavy atom. The summed E-state index contributed by atoms with van der Waals surface area (Å²) in [6, 6.07) is 12.9. The molecule has 0 radical (unpaired) electrons. The minimum absolute atomic E-state index is 0.0122. The van der Waals surface area contributed by atoms with E-state index >= 15 is 0 Å². The SMILES string of the molecule is O=c1oc2ccccc2c(O)c1C=Nc1ccc(O)cc1. The summed E-state index contributed by atoms with van der Waals surface area (Å²) in [5.74, 6) is -0.0357. The number of aliphatic imine (C=N–C) groups is 1. The second kappa shape index (κ2) is 5.13. The zero-order valence-corrected chi connectivity index (χ0v) is 10.9. The Labute approximate surface area is 119 Å². The average Bonchev–Trinajstić information content (AvgIpc) is 2.49. The molecule has 1 heterocycles. The van der Waals surface area contributed by atoms with Crippen molar-refractivity contribution < 1.29 is 14.6 Å². The van der Waals surface area contributed by atoms with Crippen molar-refractivity contribution in [2.75, 3.05) is 0 Å². The van der Waals surface area contributed by atoms with E-state index in [0.717, 1.165) is 0 Å². The van der Waals surface area contributed by atoms with Gasteiger partial charge < -0.3 is 14.6 Å². The van der Waals surface area contributed by atoms with Gasteiger partial charge >= 0.3 is 5.63 Å². The first-order valence-corrected chi connectivity index (χ1v) is 6.23. The lowest BCUT2D eigenvalue weighted by Crippen LogP contribution is -2.06. The Morgan fingerprint density at radius 3 is 2.48 bits per heavy atom. The summed E-state index contributed by atoms with van der Waals surface area (Å²) in [6.45, 7) is 0. The minimum atomic E-state index is -0.659. The molecule has 0 aliphatic carbocycles. The number of para-hydroxylation sites is 1. The normalized spacial score (nSPS) is 11.2. The minimum Gasteiger partial charge on any atom is -0.508 e. The third-order valence-corrected chi connectivity index (χ3v) is 3.01. The fourth-order valence-electron chi connectivity index (χ4n) is 1.94. The third-order valence-electron chi connectivity index (χ3n) is 3.01. The van der Waals surface area contributed by atoms with E-state index in [2.05, 4.69) is 4.99 Å². The molecule has 2 N–H and O–H groups in total. The van der Waals surface area contributed by atoms with Gasteiger partial charge in [0.05, 0.1) is 11.1 Å². The van der Waals surface area contributed by atoms with Gasteiger partial charge in [0.2, 0.25) is 0 Å². The van der Waals surface area contributed by atoms with Crippen molar-refractivity contribution in [3.8, 4) is 11.5 Å². The second-order valence-electron chi connectivity index (χ2n) is 4.42. The molecule has 0 saturated heterocycles. The van der Waals surface area contributed by atoms with Gasteiger partial charge in [-0.05, 0) is 36.4 Å². The van der Waals surface area contributed by atoms with Crippen LogP contribution in [0.3, 0.4) is 0 Å². The smallest absolute Gasteiger partial charge is 0.348 e. The highest BCUT2D eigenvalue weighted by Gasteiger charge is 2.11. The van der Waals surface area contributed by atoms with Gasteiger partial charge in [-0.25, -0.2) is 4.79 Å². The summed E-state index contributed by atoms with van der Waals surface area (Å²) in [7, 11) is 0. The quantitative estimate of drug-likeness (QED) is 0.559. The molecule has 21 heavy (non-hydrogen) atoms. The highest BCUT2D eigenvalue weighted by molar-refractivity contribution is 5.94. The van der Waals surface area contributed by atoms with Gasteiger partial charge in [0.25, 0.3) is 0 Å². The molecule has 0 aliphatic rings. The molecule has 0 aliphatic heterocycles. The lowest BCUT2D eigenvalue weighted by Gasteiger charge is -2.02. The Morgan fingerprint density at radius 1 is 1.00 bits per heavy atom. The number of hydrogen-bond donors (Lipinski definition) is 2. The van der Waals surface area contributed by atoms with Crippen LogP contribution in [0.4, 0.5) is 5.69 Å². The number of benzene rings is 2. The van der Waals surface area contributed by atoms with Crippen molar-refractivity contribution in [1.29, 1.82) is 0 Å². The highest BCUT2D eigenvalue weighted by atomic mass is 16.4. The van der Waals surface area contributed by atoms with Crippen molar-refractivity contribution in [1.82, 2.24) is 0 Å². The molecule has 5 nitrogen and oxygen atoms in total. The van der Waals surface area contributed by atoms with Crippen molar-refractivity contribution in [2.24, 2.45) is 4.99 Å². The third kappa shape index (κ3) is 2.49. The molecule has 0 bridgehead atoms.